The van der Waals surface area contributed by atoms with Gasteiger partial charge in [-0.3, -0.25) is 0 Å². The zero-order valence-corrected chi connectivity index (χ0v) is 8.38. The largest absolute Gasteiger partial charge is 0.352 e. The van der Waals surface area contributed by atoms with Gasteiger partial charge >= 0.3 is 0 Å². The maximum absolute atomic E-state index is 5.61. The fraction of sp³-hybridized carbons (Fsp3) is 1.00. The lowest BCUT2D eigenvalue weighted by Crippen LogP contribution is -2.35. The molecule has 0 aromatic heterocycles. The summed E-state index contributed by atoms with van der Waals surface area (Å²) < 4.78 is 11.2. The van der Waals surface area contributed by atoms with Crippen LogP contribution < -0.4 is 0 Å². The molecule has 1 fully saturated rings. The first kappa shape index (κ1) is 10.0. The van der Waals surface area contributed by atoms with Gasteiger partial charge in [0.2, 0.25) is 0 Å². The molecule has 0 atom stereocenters. The van der Waals surface area contributed by atoms with Gasteiger partial charge in [-0.1, -0.05) is 20.8 Å². The third kappa shape index (κ3) is 2.46. The Morgan fingerprint density at radius 1 is 1.17 bits per heavy atom. The van der Waals surface area contributed by atoms with Crippen molar-refractivity contribution in [2.75, 3.05) is 13.2 Å². The molecule has 1 heterocycles. The van der Waals surface area contributed by atoms with Crippen LogP contribution in [0, 0.1) is 11.8 Å². The zero-order valence-electron chi connectivity index (χ0n) is 8.38. The molecule has 1 aliphatic rings. The quantitative estimate of drug-likeness (QED) is 0.651. The summed E-state index contributed by atoms with van der Waals surface area (Å²) >= 11 is 0. The average Bonchev–Trinajstić information content (AvgIpc) is 2.10. The van der Waals surface area contributed by atoms with Gasteiger partial charge in [0.15, 0.2) is 6.29 Å². The Labute approximate surface area is 75.2 Å². The molecule has 1 saturated heterocycles. The van der Waals surface area contributed by atoms with Crippen LogP contribution >= 0.6 is 0 Å². The van der Waals surface area contributed by atoms with E-state index in [1.165, 1.54) is 0 Å². The molecule has 0 aromatic carbocycles. The molecule has 0 amide bonds. The Morgan fingerprint density at radius 2 is 1.67 bits per heavy atom. The van der Waals surface area contributed by atoms with Crippen molar-refractivity contribution in [3.8, 4) is 0 Å². The first-order valence-corrected chi connectivity index (χ1v) is 5.01. The van der Waals surface area contributed by atoms with Gasteiger partial charge in [0.25, 0.3) is 0 Å². The van der Waals surface area contributed by atoms with Gasteiger partial charge in [0.1, 0.15) is 0 Å². The molecule has 0 spiro atoms. The van der Waals surface area contributed by atoms with Crippen molar-refractivity contribution in [3.63, 3.8) is 0 Å². The van der Waals surface area contributed by atoms with E-state index in [2.05, 4.69) is 20.8 Å². The van der Waals surface area contributed by atoms with E-state index in [0.717, 1.165) is 26.1 Å². The van der Waals surface area contributed by atoms with E-state index >= 15 is 0 Å². The summed E-state index contributed by atoms with van der Waals surface area (Å²) in [6.07, 6.45) is 2.36. The second-order valence-corrected chi connectivity index (χ2v) is 3.72. The SMILES string of the molecule is CCC(CC)C1OCC(C)CO1. The van der Waals surface area contributed by atoms with E-state index in [-0.39, 0.29) is 6.29 Å². The van der Waals surface area contributed by atoms with E-state index in [9.17, 15) is 0 Å². The molecule has 0 aromatic rings. The van der Waals surface area contributed by atoms with Crippen LogP contribution in [-0.2, 0) is 9.47 Å². The molecule has 0 saturated carbocycles. The molecule has 0 aliphatic carbocycles. The minimum atomic E-state index is 0.0659. The third-order valence-corrected chi connectivity index (χ3v) is 2.52. The van der Waals surface area contributed by atoms with Gasteiger partial charge in [-0.05, 0) is 12.8 Å². The van der Waals surface area contributed by atoms with E-state index in [1.54, 1.807) is 0 Å². The highest BCUT2D eigenvalue weighted by atomic mass is 16.7. The van der Waals surface area contributed by atoms with Gasteiger partial charge < -0.3 is 9.47 Å². The summed E-state index contributed by atoms with van der Waals surface area (Å²) in [5, 5.41) is 0. The molecule has 2 heteroatoms. The maximum atomic E-state index is 5.61. The van der Waals surface area contributed by atoms with Crippen LogP contribution in [0.3, 0.4) is 0 Å². The summed E-state index contributed by atoms with van der Waals surface area (Å²) in [6.45, 7) is 8.27. The van der Waals surface area contributed by atoms with Crippen molar-refractivity contribution >= 4 is 0 Å². The number of hydrogen-bond donors (Lipinski definition) is 0. The van der Waals surface area contributed by atoms with Gasteiger partial charge in [-0.2, -0.15) is 0 Å². The summed E-state index contributed by atoms with van der Waals surface area (Å²) in [7, 11) is 0. The van der Waals surface area contributed by atoms with Gasteiger partial charge in [-0.15, -0.1) is 0 Å². The monoisotopic (exact) mass is 172 g/mol. The smallest absolute Gasteiger partial charge is 0.160 e. The second-order valence-electron chi connectivity index (χ2n) is 3.72. The van der Waals surface area contributed by atoms with Crippen molar-refractivity contribution in [2.24, 2.45) is 11.8 Å². The Bertz CT molecular complexity index is 113. The van der Waals surface area contributed by atoms with Crippen LogP contribution in [0.4, 0.5) is 0 Å². The van der Waals surface area contributed by atoms with Gasteiger partial charge in [0.05, 0.1) is 13.2 Å². The summed E-state index contributed by atoms with van der Waals surface area (Å²) in [5.41, 5.74) is 0. The number of hydrogen-bond acceptors (Lipinski definition) is 2. The fourth-order valence-corrected chi connectivity index (χ4v) is 1.56. The molecule has 0 N–H and O–H groups in total. The van der Waals surface area contributed by atoms with Crippen LogP contribution in [0.5, 0.6) is 0 Å². The Kier molecular flexibility index (Phi) is 4.02. The first-order chi connectivity index (χ1) is 5.77. The van der Waals surface area contributed by atoms with Crippen LogP contribution in [0.15, 0.2) is 0 Å². The van der Waals surface area contributed by atoms with Crippen molar-refractivity contribution < 1.29 is 9.47 Å². The van der Waals surface area contributed by atoms with Crippen molar-refractivity contribution in [2.45, 2.75) is 39.9 Å². The summed E-state index contributed by atoms with van der Waals surface area (Å²) in [4.78, 5) is 0. The minimum absolute atomic E-state index is 0.0659. The van der Waals surface area contributed by atoms with E-state index in [1.807, 2.05) is 0 Å². The summed E-state index contributed by atoms with van der Waals surface area (Å²) in [5.74, 6) is 1.15. The Morgan fingerprint density at radius 3 is 2.08 bits per heavy atom. The average molecular weight is 172 g/mol. The van der Waals surface area contributed by atoms with Crippen LogP contribution in [0.25, 0.3) is 0 Å². The fourth-order valence-electron chi connectivity index (χ4n) is 1.56. The third-order valence-electron chi connectivity index (χ3n) is 2.52. The number of rotatable bonds is 3. The molecule has 0 unspecified atom stereocenters. The lowest BCUT2D eigenvalue weighted by atomic mass is 10.0. The molecule has 2 nitrogen and oxygen atoms in total. The highest BCUT2D eigenvalue weighted by Gasteiger charge is 2.24. The van der Waals surface area contributed by atoms with Crippen molar-refractivity contribution in [3.05, 3.63) is 0 Å². The lowest BCUT2D eigenvalue weighted by Gasteiger charge is -2.32. The molecular weight excluding hydrogens is 152 g/mol. The predicted molar refractivity (Wildman–Crippen MR) is 48.9 cm³/mol. The second kappa shape index (κ2) is 4.83. The molecule has 1 rings (SSSR count). The van der Waals surface area contributed by atoms with E-state index < -0.39 is 0 Å². The first-order valence-electron chi connectivity index (χ1n) is 5.01. The van der Waals surface area contributed by atoms with Crippen LogP contribution in [-0.4, -0.2) is 19.5 Å². The van der Waals surface area contributed by atoms with Crippen molar-refractivity contribution in [1.29, 1.82) is 0 Å². The minimum Gasteiger partial charge on any atom is -0.352 e. The Hall–Kier alpha value is -0.0800. The predicted octanol–water partition coefficient (Wildman–Crippen LogP) is 2.43. The molecule has 12 heavy (non-hydrogen) atoms. The van der Waals surface area contributed by atoms with Gasteiger partial charge in [0, 0.05) is 11.8 Å². The molecule has 72 valence electrons. The van der Waals surface area contributed by atoms with E-state index in [0.29, 0.717) is 11.8 Å². The molecular formula is C10H20O2. The molecule has 0 bridgehead atoms. The van der Waals surface area contributed by atoms with Crippen LogP contribution in [0.1, 0.15) is 33.6 Å². The lowest BCUT2D eigenvalue weighted by molar-refractivity contribution is -0.222. The normalized spacial score (nSPS) is 31.0. The Balaban J connectivity index is 2.32. The van der Waals surface area contributed by atoms with Crippen molar-refractivity contribution in [1.82, 2.24) is 0 Å². The zero-order chi connectivity index (χ0) is 8.97. The van der Waals surface area contributed by atoms with Crippen LogP contribution in [0.2, 0.25) is 0 Å². The molecule has 1 aliphatic heterocycles. The van der Waals surface area contributed by atoms with E-state index in [4.69, 9.17) is 9.47 Å². The maximum Gasteiger partial charge on any atom is 0.160 e. The number of ether oxygens (including phenoxy) is 2. The molecule has 0 radical (unpaired) electrons. The standard InChI is InChI=1S/C10H20O2/c1-4-9(5-2)10-11-6-8(3)7-12-10/h8-10H,4-7H2,1-3H3. The highest BCUT2D eigenvalue weighted by molar-refractivity contribution is 4.65. The summed E-state index contributed by atoms with van der Waals surface area (Å²) in [6, 6.07) is 0. The highest BCUT2D eigenvalue weighted by Crippen LogP contribution is 2.22. The van der Waals surface area contributed by atoms with Gasteiger partial charge in [-0.25, -0.2) is 0 Å². The topological polar surface area (TPSA) is 18.5 Å².